The molecule has 2 aromatic carbocycles. The van der Waals surface area contributed by atoms with E-state index in [9.17, 15) is 5.11 Å². The van der Waals surface area contributed by atoms with Crippen molar-refractivity contribution in [2.75, 3.05) is 13.2 Å². The molecule has 106 valence electrons. The average molecular weight is 282 g/mol. The molecule has 5 nitrogen and oxygen atoms in total. The minimum Gasteiger partial charge on any atom is -0.508 e. The van der Waals surface area contributed by atoms with Gasteiger partial charge in [-0.3, -0.25) is 0 Å². The van der Waals surface area contributed by atoms with Crippen LogP contribution in [0, 0.1) is 0 Å². The summed E-state index contributed by atoms with van der Waals surface area (Å²) < 4.78 is 11.1. The smallest absolute Gasteiger partial charge is 0.163 e. The van der Waals surface area contributed by atoms with Crippen molar-refractivity contribution in [2.45, 2.75) is 6.42 Å². The van der Waals surface area contributed by atoms with Gasteiger partial charge in [0.15, 0.2) is 11.5 Å². The fourth-order valence-electron chi connectivity index (χ4n) is 2.49. The van der Waals surface area contributed by atoms with Crippen LogP contribution in [0.2, 0.25) is 0 Å². The highest BCUT2D eigenvalue weighted by atomic mass is 16.6. The lowest BCUT2D eigenvalue weighted by molar-refractivity contribution is 0.172. The largest absolute Gasteiger partial charge is 0.508 e. The first-order valence-electron chi connectivity index (χ1n) is 6.84. The van der Waals surface area contributed by atoms with Crippen LogP contribution in [0.1, 0.15) is 11.4 Å². The molecular formula is C16H14N2O3. The van der Waals surface area contributed by atoms with E-state index in [1.54, 1.807) is 12.1 Å². The maximum Gasteiger partial charge on any atom is 0.163 e. The molecule has 1 aromatic heterocycles. The Morgan fingerprint density at radius 3 is 2.52 bits per heavy atom. The summed E-state index contributed by atoms with van der Waals surface area (Å²) in [5, 5.41) is 9.31. The third-order valence-electron chi connectivity index (χ3n) is 3.50. The molecule has 0 fully saturated rings. The zero-order chi connectivity index (χ0) is 14.2. The van der Waals surface area contributed by atoms with Gasteiger partial charge in [0, 0.05) is 18.6 Å². The van der Waals surface area contributed by atoms with Crippen molar-refractivity contribution in [3.05, 3.63) is 47.8 Å². The molecule has 0 aliphatic carbocycles. The molecule has 21 heavy (non-hydrogen) atoms. The topological polar surface area (TPSA) is 67.4 Å². The van der Waals surface area contributed by atoms with Crippen LogP contribution in [0.4, 0.5) is 0 Å². The van der Waals surface area contributed by atoms with Gasteiger partial charge in [-0.1, -0.05) is 12.1 Å². The second kappa shape index (κ2) is 4.70. The van der Waals surface area contributed by atoms with Crippen LogP contribution >= 0.6 is 0 Å². The van der Waals surface area contributed by atoms with Crippen LogP contribution in [0.5, 0.6) is 17.2 Å². The normalized spacial score (nSPS) is 13.5. The molecular weight excluding hydrogens is 268 g/mol. The number of imidazole rings is 1. The minimum absolute atomic E-state index is 0.269. The number of rotatable bonds is 2. The van der Waals surface area contributed by atoms with E-state index in [1.165, 1.54) is 0 Å². The second-order valence-electron chi connectivity index (χ2n) is 5.04. The van der Waals surface area contributed by atoms with E-state index >= 15 is 0 Å². The molecule has 3 aromatic rings. The minimum atomic E-state index is 0.269. The van der Waals surface area contributed by atoms with E-state index in [0.29, 0.717) is 19.6 Å². The molecule has 0 atom stereocenters. The zero-order valence-corrected chi connectivity index (χ0v) is 11.3. The lowest BCUT2D eigenvalue weighted by atomic mass is 10.1. The number of nitrogens with zero attached hydrogens (tertiary/aromatic N) is 1. The molecule has 2 N–H and O–H groups in total. The van der Waals surface area contributed by atoms with E-state index in [2.05, 4.69) is 9.97 Å². The molecule has 1 aliphatic heterocycles. The van der Waals surface area contributed by atoms with Gasteiger partial charge in [0.2, 0.25) is 0 Å². The van der Waals surface area contributed by atoms with Crippen LogP contribution in [0.25, 0.3) is 11.0 Å². The van der Waals surface area contributed by atoms with E-state index in [0.717, 1.165) is 33.9 Å². The van der Waals surface area contributed by atoms with Crippen LogP contribution in [-0.2, 0) is 6.42 Å². The summed E-state index contributed by atoms with van der Waals surface area (Å²) >= 11 is 0. The van der Waals surface area contributed by atoms with Crippen molar-refractivity contribution in [2.24, 2.45) is 0 Å². The molecule has 0 radical (unpaired) electrons. The summed E-state index contributed by atoms with van der Waals surface area (Å²) in [5.41, 5.74) is 2.89. The first kappa shape index (κ1) is 12.1. The Kier molecular flexibility index (Phi) is 2.70. The number of ether oxygens (including phenoxy) is 2. The standard InChI is InChI=1S/C16H14N2O3/c19-11-3-1-10(2-4-11)7-16-17-12-8-14-15(9-13(12)18-16)21-6-5-20-14/h1-4,8-9,19H,5-7H2,(H,17,18). The first-order chi connectivity index (χ1) is 10.3. The highest BCUT2D eigenvalue weighted by molar-refractivity contribution is 5.80. The quantitative estimate of drug-likeness (QED) is 0.758. The molecule has 4 rings (SSSR count). The summed E-state index contributed by atoms with van der Waals surface area (Å²) in [5.74, 6) is 2.65. The number of aromatic nitrogens is 2. The SMILES string of the molecule is Oc1ccc(Cc2nc3cc4c(cc3[nH]2)OCCO4)cc1. The van der Waals surface area contributed by atoms with Gasteiger partial charge in [0.25, 0.3) is 0 Å². The fourth-order valence-corrected chi connectivity index (χ4v) is 2.49. The molecule has 2 heterocycles. The van der Waals surface area contributed by atoms with Crippen molar-refractivity contribution < 1.29 is 14.6 Å². The Labute approximate surface area is 121 Å². The third-order valence-corrected chi connectivity index (χ3v) is 3.50. The Balaban J connectivity index is 1.68. The summed E-state index contributed by atoms with van der Waals surface area (Å²) in [4.78, 5) is 7.88. The van der Waals surface area contributed by atoms with Crippen LogP contribution in [0.3, 0.4) is 0 Å². The lowest BCUT2D eigenvalue weighted by Gasteiger charge is -2.17. The van der Waals surface area contributed by atoms with E-state index in [4.69, 9.17) is 9.47 Å². The van der Waals surface area contributed by atoms with Gasteiger partial charge in [0.1, 0.15) is 24.8 Å². The first-order valence-corrected chi connectivity index (χ1v) is 6.84. The molecule has 0 spiro atoms. The molecule has 0 amide bonds. The van der Waals surface area contributed by atoms with Crippen molar-refractivity contribution in [1.82, 2.24) is 9.97 Å². The number of aromatic hydroxyl groups is 1. The summed E-state index contributed by atoms with van der Waals surface area (Å²) in [7, 11) is 0. The van der Waals surface area contributed by atoms with Crippen molar-refractivity contribution in [1.29, 1.82) is 0 Å². The summed E-state index contributed by atoms with van der Waals surface area (Å²) in [6.07, 6.45) is 0.682. The predicted molar refractivity (Wildman–Crippen MR) is 78.0 cm³/mol. The van der Waals surface area contributed by atoms with Gasteiger partial charge < -0.3 is 19.6 Å². The summed E-state index contributed by atoms with van der Waals surface area (Å²) in [6.45, 7) is 1.15. The summed E-state index contributed by atoms with van der Waals surface area (Å²) in [6, 6.07) is 11.0. The van der Waals surface area contributed by atoms with E-state index in [1.807, 2.05) is 24.3 Å². The number of hydrogen-bond donors (Lipinski definition) is 2. The number of aromatic amines is 1. The lowest BCUT2D eigenvalue weighted by Crippen LogP contribution is -2.15. The van der Waals surface area contributed by atoms with Gasteiger partial charge in [-0.2, -0.15) is 0 Å². The molecule has 5 heteroatoms. The number of hydrogen-bond acceptors (Lipinski definition) is 4. The number of H-pyrrole nitrogens is 1. The van der Waals surface area contributed by atoms with Crippen molar-refractivity contribution in [3.8, 4) is 17.2 Å². The predicted octanol–water partition coefficient (Wildman–Crippen LogP) is 2.63. The molecule has 1 aliphatic rings. The highest BCUT2D eigenvalue weighted by Gasteiger charge is 2.14. The van der Waals surface area contributed by atoms with Crippen LogP contribution < -0.4 is 9.47 Å². The molecule has 0 bridgehead atoms. The third kappa shape index (κ3) is 2.27. The second-order valence-corrected chi connectivity index (χ2v) is 5.04. The van der Waals surface area contributed by atoms with E-state index < -0.39 is 0 Å². The fraction of sp³-hybridized carbons (Fsp3) is 0.188. The van der Waals surface area contributed by atoms with Gasteiger partial charge >= 0.3 is 0 Å². The average Bonchev–Trinajstić information content (AvgIpc) is 2.88. The van der Waals surface area contributed by atoms with Gasteiger partial charge in [0.05, 0.1) is 11.0 Å². The Morgan fingerprint density at radius 2 is 1.76 bits per heavy atom. The molecule has 0 unspecified atom stereocenters. The van der Waals surface area contributed by atoms with Gasteiger partial charge in [-0.25, -0.2) is 4.98 Å². The van der Waals surface area contributed by atoms with Crippen molar-refractivity contribution >= 4 is 11.0 Å². The highest BCUT2D eigenvalue weighted by Crippen LogP contribution is 2.33. The monoisotopic (exact) mass is 282 g/mol. The Hall–Kier alpha value is -2.69. The van der Waals surface area contributed by atoms with Gasteiger partial charge in [-0.15, -0.1) is 0 Å². The van der Waals surface area contributed by atoms with E-state index in [-0.39, 0.29) is 5.75 Å². The number of phenols is 1. The van der Waals surface area contributed by atoms with Gasteiger partial charge in [-0.05, 0) is 17.7 Å². The Bertz CT molecular complexity index is 750. The van der Waals surface area contributed by atoms with Crippen LogP contribution in [-0.4, -0.2) is 28.3 Å². The molecule has 0 saturated heterocycles. The number of benzene rings is 2. The molecule has 0 saturated carbocycles. The maximum absolute atomic E-state index is 9.31. The number of phenolic OH excluding ortho intramolecular Hbond substituents is 1. The Morgan fingerprint density at radius 1 is 1.05 bits per heavy atom. The number of nitrogens with one attached hydrogen (secondary N) is 1. The van der Waals surface area contributed by atoms with Crippen molar-refractivity contribution in [3.63, 3.8) is 0 Å². The maximum atomic E-state index is 9.31. The zero-order valence-electron chi connectivity index (χ0n) is 11.3. The number of fused-ring (bicyclic) bond motifs is 2. The van der Waals surface area contributed by atoms with Crippen LogP contribution in [0.15, 0.2) is 36.4 Å².